The zero-order chi connectivity index (χ0) is 14.2. The highest BCUT2D eigenvalue weighted by atomic mass is 32.2. The quantitative estimate of drug-likeness (QED) is 0.523. The summed E-state index contributed by atoms with van der Waals surface area (Å²) in [4.78, 5) is 14.2. The SMILES string of the molecule is CCSCCC(C)=NCO.CCSCCC(C)=O. The van der Waals surface area contributed by atoms with Crippen LogP contribution in [0.15, 0.2) is 4.99 Å². The van der Waals surface area contributed by atoms with E-state index < -0.39 is 0 Å². The number of Topliss-reactive ketones (excluding diaryl/α,β-unsaturated/α-hetero) is 1. The normalized spacial score (nSPS) is 10.8. The molecule has 0 spiro atoms. The Morgan fingerprint density at radius 1 is 1.06 bits per heavy atom. The van der Waals surface area contributed by atoms with Gasteiger partial charge in [0.2, 0.25) is 0 Å². The lowest BCUT2D eigenvalue weighted by atomic mass is 10.3. The number of aliphatic hydroxyl groups excluding tert-OH is 1. The second-order valence-corrected chi connectivity index (χ2v) is 6.42. The van der Waals surface area contributed by atoms with Gasteiger partial charge in [-0.25, -0.2) is 0 Å². The van der Waals surface area contributed by atoms with Gasteiger partial charge in [0.1, 0.15) is 12.5 Å². The number of hydrogen-bond donors (Lipinski definition) is 1. The van der Waals surface area contributed by atoms with Crippen molar-refractivity contribution >= 4 is 35.0 Å². The van der Waals surface area contributed by atoms with Crippen LogP contribution < -0.4 is 0 Å². The van der Waals surface area contributed by atoms with E-state index in [0.29, 0.717) is 5.78 Å². The number of thioether (sulfide) groups is 2. The van der Waals surface area contributed by atoms with Gasteiger partial charge in [-0.05, 0) is 37.5 Å². The summed E-state index contributed by atoms with van der Waals surface area (Å²) in [5.41, 5.74) is 1.04. The van der Waals surface area contributed by atoms with Crippen LogP contribution in [0.25, 0.3) is 0 Å². The molecule has 0 fully saturated rings. The van der Waals surface area contributed by atoms with Crippen molar-refractivity contribution in [3.05, 3.63) is 0 Å². The number of nitrogens with zero attached hydrogens (tertiary/aromatic N) is 1. The highest BCUT2D eigenvalue weighted by Crippen LogP contribution is 2.01. The molecule has 0 rings (SSSR count). The van der Waals surface area contributed by atoms with Crippen LogP contribution in [0.1, 0.15) is 40.5 Å². The van der Waals surface area contributed by atoms with E-state index in [1.54, 1.807) is 6.92 Å². The van der Waals surface area contributed by atoms with E-state index >= 15 is 0 Å². The highest BCUT2D eigenvalue weighted by Gasteiger charge is 1.90. The summed E-state index contributed by atoms with van der Waals surface area (Å²) in [7, 11) is 0. The third-order valence-electron chi connectivity index (χ3n) is 1.96. The Morgan fingerprint density at radius 2 is 1.56 bits per heavy atom. The molecule has 1 N–H and O–H groups in total. The molecule has 0 saturated carbocycles. The van der Waals surface area contributed by atoms with Crippen LogP contribution in [0, 0.1) is 0 Å². The molecular weight excluding hydrogens is 266 g/mol. The Hall–Kier alpha value is -0.0000000000000000555. The Labute approximate surface area is 120 Å². The topological polar surface area (TPSA) is 49.7 Å². The van der Waals surface area contributed by atoms with Crippen molar-refractivity contribution in [2.45, 2.75) is 40.5 Å². The van der Waals surface area contributed by atoms with Gasteiger partial charge in [-0.2, -0.15) is 23.5 Å². The minimum Gasteiger partial charge on any atom is -0.375 e. The molecule has 0 aromatic heterocycles. The van der Waals surface area contributed by atoms with Crippen LogP contribution in [-0.2, 0) is 4.79 Å². The number of aliphatic imine (C=N–C) groups is 1. The van der Waals surface area contributed by atoms with Gasteiger partial charge in [-0.3, -0.25) is 9.79 Å². The number of carbonyl (C=O) groups is 1. The van der Waals surface area contributed by atoms with Crippen molar-refractivity contribution in [1.29, 1.82) is 0 Å². The van der Waals surface area contributed by atoms with E-state index in [1.165, 1.54) is 0 Å². The van der Waals surface area contributed by atoms with E-state index in [0.717, 1.165) is 41.6 Å². The molecule has 0 heterocycles. The molecule has 5 heteroatoms. The van der Waals surface area contributed by atoms with E-state index in [9.17, 15) is 4.79 Å². The summed E-state index contributed by atoms with van der Waals surface area (Å²) in [5.74, 6) is 4.68. The number of carbonyl (C=O) groups excluding carboxylic acids is 1. The molecule has 0 aromatic carbocycles. The summed E-state index contributed by atoms with van der Waals surface area (Å²) in [6, 6.07) is 0. The second-order valence-electron chi connectivity index (χ2n) is 3.63. The van der Waals surface area contributed by atoms with Gasteiger partial charge in [0.05, 0.1) is 0 Å². The second kappa shape index (κ2) is 17.0. The van der Waals surface area contributed by atoms with E-state index in [4.69, 9.17) is 5.11 Å². The average molecular weight is 293 g/mol. The minimum atomic E-state index is -0.0668. The summed E-state index contributed by atoms with van der Waals surface area (Å²) in [6.07, 6.45) is 1.73. The molecule has 3 nitrogen and oxygen atoms in total. The summed E-state index contributed by atoms with van der Waals surface area (Å²) in [6.45, 7) is 7.76. The van der Waals surface area contributed by atoms with Gasteiger partial charge in [-0.15, -0.1) is 0 Å². The van der Waals surface area contributed by atoms with Gasteiger partial charge in [0.15, 0.2) is 0 Å². The van der Waals surface area contributed by atoms with Gasteiger partial charge >= 0.3 is 0 Å². The molecule has 0 aliphatic heterocycles. The number of rotatable bonds is 9. The van der Waals surface area contributed by atoms with Gasteiger partial charge in [-0.1, -0.05) is 13.8 Å². The van der Waals surface area contributed by atoms with Crippen LogP contribution in [0.3, 0.4) is 0 Å². The summed E-state index contributed by atoms with van der Waals surface area (Å²) < 4.78 is 0. The lowest BCUT2D eigenvalue weighted by molar-refractivity contribution is -0.116. The molecule has 108 valence electrons. The molecule has 0 saturated heterocycles. The van der Waals surface area contributed by atoms with Crippen molar-refractivity contribution < 1.29 is 9.90 Å². The molecular formula is C13H27NO2S2. The molecule has 0 amide bonds. The predicted octanol–water partition coefficient (Wildman–Crippen LogP) is 3.26. The van der Waals surface area contributed by atoms with Crippen LogP contribution in [-0.4, -0.2) is 46.3 Å². The highest BCUT2D eigenvalue weighted by molar-refractivity contribution is 7.99. The van der Waals surface area contributed by atoms with Gasteiger partial charge in [0.25, 0.3) is 0 Å². The van der Waals surface area contributed by atoms with E-state index in [1.807, 2.05) is 30.4 Å². The number of aliphatic hydroxyl groups is 1. The maximum absolute atomic E-state index is 10.3. The molecule has 0 aromatic rings. The third kappa shape index (κ3) is 21.3. The zero-order valence-corrected chi connectivity index (χ0v) is 13.7. The molecule has 0 aliphatic carbocycles. The summed E-state index contributed by atoms with van der Waals surface area (Å²) in [5, 5.41) is 8.40. The van der Waals surface area contributed by atoms with E-state index in [2.05, 4.69) is 18.8 Å². The van der Waals surface area contributed by atoms with Crippen molar-refractivity contribution in [2.24, 2.45) is 4.99 Å². The Kier molecular flexibility index (Phi) is 19.2. The van der Waals surface area contributed by atoms with Crippen LogP contribution in [0.5, 0.6) is 0 Å². The molecule has 0 unspecified atom stereocenters. The fraction of sp³-hybridized carbons (Fsp3) is 0.846. The maximum Gasteiger partial charge on any atom is 0.134 e. The average Bonchev–Trinajstić information content (AvgIpc) is 2.30. The lowest BCUT2D eigenvalue weighted by Gasteiger charge is -1.97. The van der Waals surface area contributed by atoms with Crippen LogP contribution in [0.2, 0.25) is 0 Å². The number of ketones is 1. The fourth-order valence-electron chi connectivity index (χ4n) is 0.924. The first kappa shape index (κ1) is 20.3. The lowest BCUT2D eigenvalue weighted by Crippen LogP contribution is -1.95. The first-order valence-corrected chi connectivity index (χ1v) is 8.65. The molecule has 0 radical (unpaired) electrons. The van der Waals surface area contributed by atoms with Crippen molar-refractivity contribution in [1.82, 2.24) is 0 Å². The van der Waals surface area contributed by atoms with Crippen molar-refractivity contribution in [2.75, 3.05) is 29.7 Å². The van der Waals surface area contributed by atoms with Crippen molar-refractivity contribution in [3.63, 3.8) is 0 Å². The smallest absolute Gasteiger partial charge is 0.134 e. The minimum absolute atomic E-state index is 0.0668. The van der Waals surface area contributed by atoms with E-state index in [-0.39, 0.29) is 6.73 Å². The van der Waals surface area contributed by atoms with Gasteiger partial charge in [0, 0.05) is 17.9 Å². The Bertz CT molecular complexity index is 221. The standard InChI is InChI=1S/C7H15NOS.C6H12OS/c1-3-10-5-4-7(2)8-6-9;1-3-8-5-4-6(2)7/h9H,3-6H2,1-2H3;3-5H2,1-2H3. The van der Waals surface area contributed by atoms with Crippen LogP contribution in [0.4, 0.5) is 0 Å². The third-order valence-corrected chi connectivity index (χ3v) is 3.76. The molecule has 0 atom stereocenters. The molecule has 0 bridgehead atoms. The maximum atomic E-state index is 10.3. The monoisotopic (exact) mass is 293 g/mol. The first-order valence-electron chi connectivity index (χ1n) is 6.34. The van der Waals surface area contributed by atoms with Crippen molar-refractivity contribution in [3.8, 4) is 0 Å². The predicted molar refractivity (Wildman–Crippen MR) is 86.1 cm³/mol. The first-order chi connectivity index (χ1) is 8.58. The Morgan fingerprint density at radius 3 is 1.94 bits per heavy atom. The molecule has 0 aliphatic rings. The number of hydrogen-bond acceptors (Lipinski definition) is 5. The zero-order valence-electron chi connectivity index (χ0n) is 12.1. The molecule has 18 heavy (non-hydrogen) atoms. The fourth-order valence-corrected chi connectivity index (χ4v) is 2.37. The Balaban J connectivity index is 0. The van der Waals surface area contributed by atoms with Gasteiger partial charge < -0.3 is 5.11 Å². The summed E-state index contributed by atoms with van der Waals surface area (Å²) >= 11 is 3.72. The van der Waals surface area contributed by atoms with Crippen LogP contribution >= 0.6 is 23.5 Å². The largest absolute Gasteiger partial charge is 0.375 e.